The number of hydrogen-bond acceptors (Lipinski definition) is 9. The molecule has 0 saturated carbocycles. The summed E-state index contributed by atoms with van der Waals surface area (Å²) in [6, 6.07) is 135. The van der Waals surface area contributed by atoms with Crippen molar-refractivity contribution in [1.82, 2.24) is 29.9 Å². The van der Waals surface area contributed by atoms with Crippen LogP contribution in [0.1, 0.15) is 5.56 Å². The van der Waals surface area contributed by atoms with Crippen molar-refractivity contribution in [2.75, 3.05) is 0 Å². The van der Waals surface area contributed by atoms with E-state index in [0.29, 0.717) is 17.2 Å². The van der Waals surface area contributed by atoms with Gasteiger partial charge in [0.1, 0.15) is 33.8 Å². The fourth-order valence-electron chi connectivity index (χ4n) is 13.6. The Morgan fingerprint density at radius 2 is 0.625 bits per heavy atom. The van der Waals surface area contributed by atoms with E-state index in [-0.39, 0.29) is 20.1 Å². The summed E-state index contributed by atoms with van der Waals surface area (Å²) in [5.74, 6) is 1.82. The third kappa shape index (κ3) is 17.6. The van der Waals surface area contributed by atoms with E-state index in [1.54, 1.807) is 31.0 Å². The number of nitrogens with zero attached hydrogens (tertiary/aromatic N) is 6. The minimum absolute atomic E-state index is 0. The fraction of sp³-hybridized carbons (Fsp3) is 0.00990. The average Bonchev–Trinajstić information content (AvgIpc) is 0.729. The van der Waals surface area contributed by atoms with Gasteiger partial charge in [0.05, 0.1) is 0 Å². The van der Waals surface area contributed by atoms with E-state index in [1.165, 1.54) is 76.5 Å². The summed E-state index contributed by atoms with van der Waals surface area (Å²) in [7, 11) is 0. The van der Waals surface area contributed by atoms with E-state index in [0.717, 1.165) is 72.0 Å². The third-order valence-electron chi connectivity index (χ3n) is 18.9. The first-order valence-electron chi connectivity index (χ1n) is 36.7. The van der Waals surface area contributed by atoms with Gasteiger partial charge in [0.25, 0.3) is 0 Å². The zero-order chi connectivity index (χ0) is 74.8. The average molecular weight is 1630 g/mol. The van der Waals surface area contributed by atoms with Crippen LogP contribution in [0.15, 0.2) is 407 Å². The van der Waals surface area contributed by atoms with Gasteiger partial charge < -0.3 is 26.3 Å². The van der Waals surface area contributed by atoms with Crippen molar-refractivity contribution in [3.8, 4) is 84.4 Å². The fourth-order valence-corrected chi connectivity index (χ4v) is 14.9. The van der Waals surface area contributed by atoms with Crippen molar-refractivity contribution in [1.29, 1.82) is 0 Å². The van der Waals surface area contributed by atoms with Gasteiger partial charge in [-0.15, -0.1) is 108 Å². The van der Waals surface area contributed by atoms with Gasteiger partial charge in [-0.2, -0.15) is 0 Å². The molecule has 534 valence electrons. The van der Waals surface area contributed by atoms with Gasteiger partial charge in [0, 0.05) is 53.3 Å². The van der Waals surface area contributed by atoms with E-state index in [2.05, 4.69) is 201 Å². The normalized spacial score (nSPS) is 10.7. The molecule has 9 nitrogen and oxygen atoms in total. The number of rotatable bonds is 12. The van der Waals surface area contributed by atoms with E-state index >= 15 is 0 Å². The molecule has 0 fully saturated rings. The molecule has 6 aromatic heterocycles. The maximum absolute atomic E-state index is 6.41. The molecule has 0 saturated heterocycles. The van der Waals surface area contributed by atoms with Crippen LogP contribution in [0.5, 0.6) is 17.2 Å². The minimum atomic E-state index is -2.86. The van der Waals surface area contributed by atoms with Crippen LogP contribution in [0.2, 0.25) is 0 Å². The first kappa shape index (κ1) is 73.9. The molecule has 0 spiro atoms. The van der Waals surface area contributed by atoms with Crippen LogP contribution >= 0.6 is 0 Å². The molecule has 0 aliphatic heterocycles. The summed E-state index contributed by atoms with van der Waals surface area (Å²) in [5, 5.41) is 13.2. The molecule has 0 amide bonds. The molecule has 0 radical (unpaired) electrons. The van der Waals surface area contributed by atoms with Gasteiger partial charge in [0.15, 0.2) is 0 Å². The van der Waals surface area contributed by atoms with Gasteiger partial charge in [0.2, 0.25) is 0 Å². The van der Waals surface area contributed by atoms with Crippen LogP contribution < -0.4 is 11.4 Å². The Balaban J connectivity index is 0.000000119. The van der Waals surface area contributed by atoms with Crippen molar-refractivity contribution in [3.63, 3.8) is 0 Å². The second-order valence-electron chi connectivity index (χ2n) is 26.2. The Morgan fingerprint density at radius 1 is 0.250 bits per heavy atom. The molecule has 0 atom stereocenters. The maximum Gasteiger partial charge on any atom is 3.00 e. The van der Waals surface area contributed by atoms with Gasteiger partial charge in [-0.25, -0.2) is 0 Å². The van der Waals surface area contributed by atoms with Crippen molar-refractivity contribution in [3.05, 3.63) is 431 Å². The number of aryl methyl sites for hydroxylation is 1. The van der Waals surface area contributed by atoms with Gasteiger partial charge >= 0.3 is 35.3 Å². The molecule has 0 unspecified atom stereocenters. The summed E-state index contributed by atoms with van der Waals surface area (Å²) in [5.41, 5.74) is 17.0. The topological polar surface area (TPSA) is 105 Å². The maximum atomic E-state index is 6.41. The summed E-state index contributed by atoms with van der Waals surface area (Å²) < 4.78 is 19.2. The molecule has 112 heavy (non-hydrogen) atoms. The van der Waals surface area contributed by atoms with E-state index in [9.17, 15) is 0 Å². The second kappa shape index (κ2) is 36.1. The molecular formula is C101H70AlIrN6O3. The van der Waals surface area contributed by atoms with Crippen LogP contribution in [-0.4, -0.2) is 45.1 Å². The quantitative estimate of drug-likeness (QED) is 0.0672. The molecule has 0 bridgehead atoms. The molecule has 20 aromatic rings. The number of fused-ring (bicyclic) bond motifs is 7. The molecule has 14 aromatic carbocycles. The van der Waals surface area contributed by atoms with Crippen molar-refractivity contribution < 1.29 is 31.5 Å². The number of para-hydroxylation sites is 3. The monoisotopic (exact) mass is 1630 g/mol. The van der Waals surface area contributed by atoms with E-state index in [4.69, 9.17) is 11.4 Å². The zero-order valence-corrected chi connectivity index (χ0v) is 64.6. The van der Waals surface area contributed by atoms with Crippen LogP contribution in [0.3, 0.4) is 0 Å². The van der Waals surface area contributed by atoms with Gasteiger partial charge in [-0.1, -0.05) is 242 Å². The van der Waals surface area contributed by atoms with Crippen LogP contribution in [0.4, 0.5) is 0 Å². The zero-order valence-electron chi connectivity index (χ0n) is 61.0. The predicted octanol–water partition coefficient (Wildman–Crippen LogP) is 25.1. The third-order valence-corrected chi connectivity index (χ3v) is 20.2. The molecule has 6 heterocycles. The summed E-state index contributed by atoms with van der Waals surface area (Å²) in [4.78, 5) is 26.5. The molecule has 20 rings (SSSR count). The number of benzene rings is 14. The van der Waals surface area contributed by atoms with E-state index in [1.807, 2.05) is 231 Å². The Bertz CT molecular complexity index is 6100. The number of aromatic nitrogens is 6. The number of hydrogen-bond donors (Lipinski definition) is 0. The SMILES string of the molecule is Cc1ccc2c(-c3ccc4ccccc4c3)c3ccccc3c(-c3ccc4ccccc4c3)c2c1.[Ir+3].[c-]1ccccc1-c1ccc(-c2ccccc2)cn1.[c-]1ccccc1-c1ccccn1.[c-]1ccccc1-c1ccccn1.c1cnc2c([O][Al]([O]c3cccc4cccnc34)[O]c3cccc4cccnc34)cccc2c1. The Morgan fingerprint density at radius 3 is 1.05 bits per heavy atom. The molecule has 0 aliphatic rings. The van der Waals surface area contributed by atoms with Gasteiger partial charge in [-0.05, 0) is 161 Å². The molecule has 0 N–H and O–H groups in total. The standard InChI is InChI=1S/C35H24.C17H12N.2C11H8N.3C9H7NO.Al.Ir/c1-23-14-19-32-33(20-23)35(29-18-16-25-9-3-5-11-27(25)22-29)31-13-7-6-12-30(31)34(32)28-17-15-24-8-2-4-10-26(24)21-28;1-3-7-14(8-4-1)16-11-12-17(18-13-16)15-9-5-2-6-10-15;2*1-2-6-10(7-3-1)11-8-4-5-9-12-11;3*11-8-5-1-3-7-4-2-6-10-9(7)8;;/h2-22H,1H3;1-9,11-13H;2*1-6,8-9H;3*1-6,11H;;/q;3*-1;;;;2*+3/p-3. The second-order valence-corrected chi connectivity index (χ2v) is 27.4. The number of pyridine rings is 6. The van der Waals surface area contributed by atoms with E-state index < -0.39 is 15.1 Å². The largest absolute Gasteiger partial charge is 3.00 e. The van der Waals surface area contributed by atoms with Crippen molar-refractivity contribution in [2.24, 2.45) is 0 Å². The van der Waals surface area contributed by atoms with Crippen LogP contribution in [0.25, 0.3) is 143 Å². The minimum Gasteiger partial charge on any atom is -0.576 e. The Hall–Kier alpha value is -13.6. The van der Waals surface area contributed by atoms with Gasteiger partial charge in [-0.3, -0.25) is 15.0 Å². The first-order valence-corrected chi connectivity index (χ1v) is 38.1. The first-order chi connectivity index (χ1) is 55.0. The van der Waals surface area contributed by atoms with Crippen LogP contribution in [-0.2, 0) is 20.1 Å². The Kier molecular flexibility index (Phi) is 23.8. The van der Waals surface area contributed by atoms with Crippen molar-refractivity contribution >= 4 is 90.9 Å². The molecular weight excluding hydrogens is 1560 g/mol. The smallest absolute Gasteiger partial charge is 0.576 e. The molecule has 11 heteroatoms. The molecule has 0 aliphatic carbocycles. The predicted molar refractivity (Wildman–Crippen MR) is 456 cm³/mol. The summed E-state index contributed by atoms with van der Waals surface area (Å²) >= 11 is -2.86. The Labute approximate surface area is 669 Å². The van der Waals surface area contributed by atoms with Crippen LogP contribution in [0, 0.1) is 25.1 Å². The van der Waals surface area contributed by atoms with Crippen molar-refractivity contribution in [2.45, 2.75) is 6.92 Å². The summed E-state index contributed by atoms with van der Waals surface area (Å²) in [6.45, 7) is 2.19. The summed E-state index contributed by atoms with van der Waals surface area (Å²) in [6.07, 6.45) is 10.7.